The molecule has 1 aromatic heterocycles. The average molecular weight is 336 g/mol. The summed E-state index contributed by atoms with van der Waals surface area (Å²) >= 11 is 3.38. The molecule has 0 radical (unpaired) electrons. The molecule has 2 rings (SSSR count). The number of aliphatic hydroxyl groups is 1. The first-order chi connectivity index (χ1) is 9.65. The van der Waals surface area contributed by atoms with Gasteiger partial charge in [-0.3, -0.25) is 4.98 Å². The number of hydrogen-bond acceptors (Lipinski definition) is 3. The van der Waals surface area contributed by atoms with Crippen molar-refractivity contribution >= 4 is 15.9 Å². The molecule has 20 heavy (non-hydrogen) atoms. The van der Waals surface area contributed by atoms with Crippen LogP contribution in [-0.4, -0.2) is 22.3 Å². The van der Waals surface area contributed by atoms with Crippen molar-refractivity contribution in [2.45, 2.75) is 32.0 Å². The first-order valence-corrected chi connectivity index (χ1v) is 7.43. The first-order valence-electron chi connectivity index (χ1n) is 6.64. The van der Waals surface area contributed by atoms with Crippen LogP contribution in [0.1, 0.15) is 18.9 Å². The lowest BCUT2D eigenvalue weighted by Gasteiger charge is -2.20. The van der Waals surface area contributed by atoms with Gasteiger partial charge in [0.2, 0.25) is 0 Å². The van der Waals surface area contributed by atoms with Gasteiger partial charge in [-0.25, -0.2) is 0 Å². The largest absolute Gasteiger partial charge is 0.488 e. The Bertz CT molecular complexity index is 516. The molecule has 0 saturated carbocycles. The zero-order valence-electron chi connectivity index (χ0n) is 11.4. The van der Waals surface area contributed by atoms with Crippen LogP contribution < -0.4 is 4.74 Å². The second-order valence-corrected chi connectivity index (χ2v) is 5.66. The van der Waals surface area contributed by atoms with E-state index >= 15 is 0 Å². The van der Waals surface area contributed by atoms with Crippen LogP contribution in [0.5, 0.6) is 5.75 Å². The molecule has 2 atom stereocenters. The average Bonchev–Trinajstić information content (AvgIpc) is 2.48. The van der Waals surface area contributed by atoms with E-state index in [0.717, 1.165) is 22.2 Å². The van der Waals surface area contributed by atoms with Crippen molar-refractivity contribution in [3.05, 3.63) is 58.8 Å². The monoisotopic (exact) mass is 335 g/mol. The molecule has 3 nitrogen and oxygen atoms in total. The van der Waals surface area contributed by atoms with Gasteiger partial charge in [-0.05, 0) is 55.7 Å². The highest BCUT2D eigenvalue weighted by atomic mass is 79.9. The summed E-state index contributed by atoms with van der Waals surface area (Å²) in [6, 6.07) is 11.5. The fourth-order valence-electron chi connectivity index (χ4n) is 1.90. The van der Waals surface area contributed by atoms with Gasteiger partial charge < -0.3 is 9.84 Å². The molecule has 4 heteroatoms. The van der Waals surface area contributed by atoms with Gasteiger partial charge in [-0.1, -0.05) is 22.0 Å². The minimum atomic E-state index is -0.501. The van der Waals surface area contributed by atoms with Gasteiger partial charge in [-0.15, -0.1) is 0 Å². The van der Waals surface area contributed by atoms with Crippen molar-refractivity contribution in [1.29, 1.82) is 0 Å². The number of aromatic nitrogens is 1. The molecule has 0 fully saturated rings. The summed E-state index contributed by atoms with van der Waals surface area (Å²) in [5.74, 6) is 0.765. The Balaban J connectivity index is 1.82. The van der Waals surface area contributed by atoms with E-state index in [9.17, 15) is 5.11 Å². The first kappa shape index (κ1) is 15.0. The maximum Gasteiger partial charge on any atom is 0.122 e. The molecule has 106 valence electrons. The number of pyridine rings is 1. The van der Waals surface area contributed by atoms with E-state index < -0.39 is 6.10 Å². The predicted molar refractivity (Wildman–Crippen MR) is 82.8 cm³/mol. The summed E-state index contributed by atoms with van der Waals surface area (Å²) in [6.45, 7) is 1.88. The number of benzene rings is 1. The van der Waals surface area contributed by atoms with Crippen LogP contribution >= 0.6 is 15.9 Å². The number of hydrogen-bond donors (Lipinski definition) is 1. The summed E-state index contributed by atoms with van der Waals surface area (Å²) < 4.78 is 6.74. The molecular formula is C16H18BrNO2. The molecule has 0 spiro atoms. The van der Waals surface area contributed by atoms with E-state index in [0.29, 0.717) is 6.42 Å². The molecule has 0 aliphatic carbocycles. The molecule has 0 aliphatic heterocycles. The quantitative estimate of drug-likeness (QED) is 0.876. The lowest BCUT2D eigenvalue weighted by Crippen LogP contribution is -2.29. The topological polar surface area (TPSA) is 42.4 Å². The minimum absolute atomic E-state index is 0.243. The van der Waals surface area contributed by atoms with Gasteiger partial charge in [0.1, 0.15) is 11.9 Å². The van der Waals surface area contributed by atoms with Gasteiger partial charge in [-0.2, -0.15) is 0 Å². The number of ether oxygens (including phenoxy) is 1. The molecule has 1 aromatic carbocycles. The summed E-state index contributed by atoms with van der Waals surface area (Å²) in [4.78, 5) is 4.07. The van der Waals surface area contributed by atoms with Crippen molar-refractivity contribution in [2.24, 2.45) is 0 Å². The van der Waals surface area contributed by atoms with E-state index in [1.807, 2.05) is 49.5 Å². The molecule has 0 unspecified atom stereocenters. The molecule has 0 amide bonds. The normalized spacial score (nSPS) is 13.8. The van der Waals surface area contributed by atoms with Gasteiger partial charge in [0.25, 0.3) is 0 Å². The molecule has 0 bridgehead atoms. The van der Waals surface area contributed by atoms with Crippen molar-refractivity contribution in [2.75, 3.05) is 0 Å². The SMILES string of the molecule is C[C@H](Oc1ccc(Br)cc1)[C@H](O)CCc1cccnc1. The molecular weight excluding hydrogens is 318 g/mol. The third kappa shape index (κ3) is 4.62. The predicted octanol–water partition coefficient (Wildman–Crippen LogP) is 3.61. The Hall–Kier alpha value is -1.39. The van der Waals surface area contributed by atoms with Crippen LogP contribution in [-0.2, 0) is 6.42 Å². The van der Waals surface area contributed by atoms with Crippen LogP contribution in [0, 0.1) is 0 Å². The zero-order valence-corrected chi connectivity index (χ0v) is 13.0. The van der Waals surface area contributed by atoms with Crippen molar-refractivity contribution in [3.63, 3.8) is 0 Å². The summed E-state index contributed by atoms with van der Waals surface area (Å²) in [5, 5.41) is 10.1. The second-order valence-electron chi connectivity index (χ2n) is 4.74. The Morgan fingerprint density at radius 1 is 1.25 bits per heavy atom. The standard InChI is InChI=1S/C16H18BrNO2/c1-12(20-15-7-5-14(17)6-8-15)16(19)9-4-13-3-2-10-18-11-13/h2-3,5-8,10-12,16,19H,4,9H2,1H3/t12-,16+/m0/s1. The smallest absolute Gasteiger partial charge is 0.122 e. The van der Waals surface area contributed by atoms with Crippen molar-refractivity contribution in [3.8, 4) is 5.75 Å². The second kappa shape index (κ2) is 7.41. The summed E-state index contributed by atoms with van der Waals surface area (Å²) in [7, 11) is 0. The van der Waals surface area contributed by atoms with Crippen LogP contribution in [0.3, 0.4) is 0 Å². The highest BCUT2D eigenvalue weighted by molar-refractivity contribution is 9.10. The molecule has 1 heterocycles. The lowest BCUT2D eigenvalue weighted by molar-refractivity contribution is 0.0420. The fraction of sp³-hybridized carbons (Fsp3) is 0.312. The number of aliphatic hydroxyl groups excluding tert-OH is 1. The van der Waals surface area contributed by atoms with E-state index in [2.05, 4.69) is 20.9 Å². The van der Waals surface area contributed by atoms with Crippen LogP contribution in [0.2, 0.25) is 0 Å². The Labute approximate surface area is 127 Å². The van der Waals surface area contributed by atoms with Gasteiger partial charge >= 0.3 is 0 Å². The van der Waals surface area contributed by atoms with Crippen molar-refractivity contribution in [1.82, 2.24) is 4.98 Å². The van der Waals surface area contributed by atoms with Gasteiger partial charge in [0.15, 0.2) is 0 Å². The summed E-state index contributed by atoms with van der Waals surface area (Å²) in [6.07, 6.45) is 4.28. The number of rotatable bonds is 6. The van der Waals surface area contributed by atoms with E-state index in [-0.39, 0.29) is 6.10 Å². The van der Waals surface area contributed by atoms with Gasteiger partial charge in [0, 0.05) is 16.9 Å². The zero-order chi connectivity index (χ0) is 14.4. The molecule has 0 saturated heterocycles. The van der Waals surface area contributed by atoms with E-state index in [1.54, 1.807) is 6.20 Å². The van der Waals surface area contributed by atoms with E-state index in [1.165, 1.54) is 0 Å². The maximum atomic E-state index is 10.1. The third-order valence-electron chi connectivity index (χ3n) is 3.13. The molecule has 0 aliphatic rings. The van der Waals surface area contributed by atoms with E-state index in [4.69, 9.17) is 4.74 Å². The minimum Gasteiger partial charge on any atom is -0.488 e. The third-order valence-corrected chi connectivity index (χ3v) is 3.66. The Morgan fingerprint density at radius 2 is 2.00 bits per heavy atom. The lowest BCUT2D eigenvalue weighted by atomic mass is 10.1. The summed E-state index contributed by atoms with van der Waals surface area (Å²) in [5.41, 5.74) is 1.13. The van der Waals surface area contributed by atoms with Gasteiger partial charge in [0.05, 0.1) is 6.10 Å². The maximum absolute atomic E-state index is 10.1. The van der Waals surface area contributed by atoms with Crippen molar-refractivity contribution < 1.29 is 9.84 Å². The Kier molecular flexibility index (Phi) is 5.56. The van der Waals surface area contributed by atoms with Crippen LogP contribution in [0.25, 0.3) is 0 Å². The highest BCUT2D eigenvalue weighted by Gasteiger charge is 2.15. The molecule has 1 N–H and O–H groups in total. The highest BCUT2D eigenvalue weighted by Crippen LogP contribution is 2.19. The molecule has 2 aromatic rings. The fourth-order valence-corrected chi connectivity index (χ4v) is 2.17. The number of halogens is 1. The van der Waals surface area contributed by atoms with Crippen LogP contribution in [0.4, 0.5) is 0 Å². The number of nitrogens with zero attached hydrogens (tertiary/aromatic N) is 1. The number of aryl methyl sites for hydroxylation is 1. The Morgan fingerprint density at radius 3 is 2.65 bits per heavy atom. The van der Waals surface area contributed by atoms with Crippen LogP contribution in [0.15, 0.2) is 53.3 Å².